The molecule has 114 valence electrons. The van der Waals surface area contributed by atoms with Crippen molar-refractivity contribution in [2.24, 2.45) is 11.8 Å². The maximum absolute atomic E-state index is 13.6. The van der Waals surface area contributed by atoms with E-state index in [9.17, 15) is 9.18 Å². The lowest BCUT2D eigenvalue weighted by Gasteiger charge is -2.41. The van der Waals surface area contributed by atoms with Crippen molar-refractivity contribution < 1.29 is 9.18 Å². The lowest BCUT2D eigenvalue weighted by molar-refractivity contribution is -0.129. The third-order valence-corrected chi connectivity index (χ3v) is 5.01. The van der Waals surface area contributed by atoms with E-state index in [1.54, 1.807) is 18.2 Å². The number of hydrogen-bond acceptors (Lipinski definition) is 2. The molecule has 4 unspecified atom stereocenters. The van der Waals surface area contributed by atoms with E-state index in [1.807, 2.05) is 0 Å². The number of amides is 1. The second-order valence-corrected chi connectivity index (χ2v) is 6.70. The number of halogens is 2. The van der Waals surface area contributed by atoms with Gasteiger partial charge >= 0.3 is 0 Å². The number of anilines is 1. The first-order chi connectivity index (χ1) is 10.1. The minimum atomic E-state index is -0.287. The van der Waals surface area contributed by atoms with Crippen LogP contribution in [0.3, 0.4) is 0 Å². The van der Waals surface area contributed by atoms with Gasteiger partial charge in [-0.25, -0.2) is 4.39 Å². The smallest absolute Gasteiger partial charge is 0.225 e. The Labute approximate surface area is 129 Å². The number of alkyl halides is 1. The molecule has 1 aliphatic carbocycles. The Balaban J connectivity index is 1.60. The largest absolute Gasteiger partial charge is 0.382 e. The summed E-state index contributed by atoms with van der Waals surface area (Å²) in [6.45, 7) is 0.461. The second-order valence-electron chi connectivity index (χ2n) is 6.08. The molecular formula is C16H20ClFN2O. The van der Waals surface area contributed by atoms with E-state index in [2.05, 4.69) is 10.6 Å². The number of carbonyl (C=O) groups is 1. The maximum atomic E-state index is 13.6. The predicted molar refractivity (Wildman–Crippen MR) is 81.9 cm³/mol. The Hall–Kier alpha value is -1.29. The van der Waals surface area contributed by atoms with Crippen LogP contribution < -0.4 is 10.6 Å². The van der Waals surface area contributed by atoms with Gasteiger partial charge in [0.1, 0.15) is 5.82 Å². The van der Waals surface area contributed by atoms with Gasteiger partial charge in [-0.1, -0.05) is 12.1 Å². The standard InChI is InChI=1S/C16H20ClFN2O/c17-12-5-6-14-10(8-12)7-11(16(21)20-14)9-19-15-4-2-1-3-13(15)18/h1-4,10-12,14,19H,5-9H2,(H,20,21). The van der Waals surface area contributed by atoms with E-state index in [4.69, 9.17) is 11.6 Å². The number of carbonyl (C=O) groups excluding carboxylic acids is 1. The molecule has 1 aliphatic heterocycles. The number of rotatable bonds is 3. The third-order valence-electron chi connectivity index (χ3n) is 4.62. The van der Waals surface area contributed by atoms with Crippen molar-refractivity contribution in [3.8, 4) is 0 Å². The van der Waals surface area contributed by atoms with E-state index in [1.165, 1.54) is 6.07 Å². The van der Waals surface area contributed by atoms with Crippen molar-refractivity contribution in [1.29, 1.82) is 0 Å². The Morgan fingerprint density at radius 2 is 2.10 bits per heavy atom. The van der Waals surface area contributed by atoms with Gasteiger partial charge in [0, 0.05) is 18.0 Å². The first-order valence-electron chi connectivity index (χ1n) is 7.56. The summed E-state index contributed by atoms with van der Waals surface area (Å²) in [5, 5.41) is 6.38. The molecule has 2 aliphatic rings. The minimum absolute atomic E-state index is 0.0770. The molecule has 1 amide bonds. The molecule has 3 rings (SSSR count). The van der Waals surface area contributed by atoms with Crippen LogP contribution in [0.5, 0.6) is 0 Å². The van der Waals surface area contributed by atoms with Gasteiger partial charge in [0.15, 0.2) is 0 Å². The molecule has 2 N–H and O–H groups in total. The number of piperidine rings is 1. The molecule has 1 saturated heterocycles. The van der Waals surface area contributed by atoms with E-state index < -0.39 is 0 Å². The second kappa shape index (κ2) is 6.22. The first kappa shape index (κ1) is 14.6. The van der Waals surface area contributed by atoms with Crippen molar-refractivity contribution in [3.63, 3.8) is 0 Å². The summed E-state index contributed by atoms with van der Waals surface area (Å²) in [5.74, 6) is 0.123. The van der Waals surface area contributed by atoms with Crippen LogP contribution in [0.1, 0.15) is 25.7 Å². The highest BCUT2D eigenvalue weighted by Gasteiger charge is 2.38. The van der Waals surface area contributed by atoms with Gasteiger partial charge in [-0.3, -0.25) is 4.79 Å². The number of benzene rings is 1. The number of nitrogens with one attached hydrogen (secondary N) is 2. The Morgan fingerprint density at radius 1 is 1.29 bits per heavy atom. The predicted octanol–water partition coefficient (Wildman–Crippen LogP) is 3.15. The molecule has 5 heteroatoms. The highest BCUT2D eigenvalue weighted by atomic mass is 35.5. The molecule has 1 aromatic carbocycles. The third kappa shape index (κ3) is 3.31. The molecule has 21 heavy (non-hydrogen) atoms. The van der Waals surface area contributed by atoms with Crippen LogP contribution in [0.4, 0.5) is 10.1 Å². The number of fused-ring (bicyclic) bond motifs is 1. The summed E-state index contributed by atoms with van der Waals surface area (Å²) < 4.78 is 13.6. The van der Waals surface area contributed by atoms with Crippen LogP contribution in [0.25, 0.3) is 0 Å². The zero-order valence-corrected chi connectivity index (χ0v) is 12.6. The molecule has 3 nitrogen and oxygen atoms in total. The topological polar surface area (TPSA) is 41.1 Å². The highest BCUT2D eigenvalue weighted by Crippen LogP contribution is 2.35. The zero-order valence-electron chi connectivity index (χ0n) is 11.8. The SMILES string of the molecule is O=C1NC2CCC(Cl)CC2CC1CNc1ccccc1F. The van der Waals surface area contributed by atoms with Crippen molar-refractivity contribution in [2.45, 2.75) is 37.1 Å². The van der Waals surface area contributed by atoms with Gasteiger partial charge in [0.2, 0.25) is 5.91 Å². The van der Waals surface area contributed by atoms with Crippen molar-refractivity contribution in [2.75, 3.05) is 11.9 Å². The van der Waals surface area contributed by atoms with E-state index in [0.717, 1.165) is 25.7 Å². The van der Waals surface area contributed by atoms with Crippen LogP contribution in [0.15, 0.2) is 24.3 Å². The molecule has 1 heterocycles. The fraction of sp³-hybridized carbons (Fsp3) is 0.562. The van der Waals surface area contributed by atoms with E-state index >= 15 is 0 Å². The zero-order chi connectivity index (χ0) is 14.8. The molecular weight excluding hydrogens is 291 g/mol. The summed E-state index contributed by atoms with van der Waals surface area (Å²) in [5.41, 5.74) is 0.450. The van der Waals surface area contributed by atoms with Gasteiger partial charge in [0.05, 0.1) is 11.6 Å². The van der Waals surface area contributed by atoms with Gasteiger partial charge in [-0.2, -0.15) is 0 Å². The van der Waals surface area contributed by atoms with Crippen LogP contribution in [-0.4, -0.2) is 23.9 Å². The fourth-order valence-corrected chi connectivity index (χ4v) is 3.80. The van der Waals surface area contributed by atoms with Crippen LogP contribution >= 0.6 is 11.6 Å². The number of hydrogen-bond donors (Lipinski definition) is 2. The van der Waals surface area contributed by atoms with Crippen LogP contribution in [0.2, 0.25) is 0 Å². The summed E-state index contributed by atoms with van der Waals surface area (Å²) in [6.07, 6.45) is 3.74. The Bertz CT molecular complexity index is 525. The van der Waals surface area contributed by atoms with Gasteiger partial charge in [-0.05, 0) is 43.7 Å². The van der Waals surface area contributed by atoms with Gasteiger partial charge in [0.25, 0.3) is 0 Å². The van der Waals surface area contributed by atoms with Crippen molar-refractivity contribution >= 4 is 23.2 Å². The minimum Gasteiger partial charge on any atom is -0.382 e. The number of para-hydroxylation sites is 1. The Morgan fingerprint density at radius 3 is 2.90 bits per heavy atom. The molecule has 2 fully saturated rings. The molecule has 0 bridgehead atoms. The normalized spacial score (nSPS) is 32.2. The molecule has 0 spiro atoms. The maximum Gasteiger partial charge on any atom is 0.225 e. The van der Waals surface area contributed by atoms with Crippen LogP contribution in [-0.2, 0) is 4.79 Å². The molecule has 4 atom stereocenters. The van der Waals surface area contributed by atoms with Gasteiger partial charge in [-0.15, -0.1) is 11.6 Å². The van der Waals surface area contributed by atoms with Crippen molar-refractivity contribution in [1.82, 2.24) is 5.32 Å². The lowest BCUT2D eigenvalue weighted by Crippen LogP contribution is -2.53. The van der Waals surface area contributed by atoms with Crippen LogP contribution in [0, 0.1) is 17.7 Å². The molecule has 1 saturated carbocycles. The fourth-order valence-electron chi connectivity index (χ4n) is 3.44. The van der Waals surface area contributed by atoms with E-state index in [-0.39, 0.29) is 29.1 Å². The Kier molecular flexibility index (Phi) is 4.34. The van der Waals surface area contributed by atoms with Gasteiger partial charge < -0.3 is 10.6 Å². The molecule has 0 radical (unpaired) electrons. The average Bonchev–Trinajstić information content (AvgIpc) is 2.47. The summed E-state index contributed by atoms with van der Waals surface area (Å²) in [4.78, 5) is 12.2. The van der Waals surface area contributed by atoms with Crippen molar-refractivity contribution in [3.05, 3.63) is 30.1 Å². The first-order valence-corrected chi connectivity index (χ1v) is 8.00. The van der Waals surface area contributed by atoms with E-state index in [0.29, 0.717) is 18.2 Å². The highest BCUT2D eigenvalue weighted by molar-refractivity contribution is 6.20. The average molecular weight is 311 g/mol. The summed E-state index contributed by atoms with van der Waals surface area (Å²) >= 11 is 6.24. The molecule has 0 aromatic heterocycles. The lowest BCUT2D eigenvalue weighted by atomic mass is 9.75. The molecule has 1 aromatic rings. The summed E-state index contributed by atoms with van der Waals surface area (Å²) in [7, 11) is 0. The monoisotopic (exact) mass is 310 g/mol. The summed E-state index contributed by atoms with van der Waals surface area (Å²) in [6, 6.07) is 6.81. The quantitative estimate of drug-likeness (QED) is 0.842.